The number of aromatic nitrogens is 1. The van der Waals surface area contributed by atoms with Crippen LogP contribution >= 0.6 is 0 Å². The average molecular weight is 550 g/mol. The predicted octanol–water partition coefficient (Wildman–Crippen LogP) is 1.88. The number of likely N-dealkylation sites (N-methyl/N-ethyl adjacent to an activating group) is 1. The van der Waals surface area contributed by atoms with Gasteiger partial charge in [-0.15, -0.1) is 0 Å². The second kappa shape index (κ2) is 8.77. The van der Waals surface area contributed by atoms with E-state index in [1.165, 1.54) is 28.3 Å². The molecule has 1 aromatic carbocycles. The standard InChI is InChI=1S/C30H39N5O5/c1-16(2)11-23-27(37)34-10-6-9-24(34)30(39)35(23)28(38)29(3,40-30)32-26(36)18-12-20-19-7-5-8-21-25(19)17(14-31-21)13-22(20)33(4)15-18/h5,7-8,14,16,18,20,22-24,31,39H,6,9-13,15H2,1-4H3,(H,32,36)/t18-,20?,22-,23+,24+,29-,30+/m1/s1. The van der Waals surface area contributed by atoms with Gasteiger partial charge in [0.05, 0.1) is 5.92 Å². The third-order valence-electron chi connectivity index (χ3n) is 10.0. The van der Waals surface area contributed by atoms with E-state index < -0.39 is 29.6 Å². The van der Waals surface area contributed by atoms with Crippen LogP contribution in [0.4, 0.5) is 0 Å². The number of rotatable bonds is 4. The molecule has 7 rings (SSSR count). The molecule has 1 unspecified atom stereocenters. The lowest BCUT2D eigenvalue weighted by Crippen LogP contribution is -2.71. The molecule has 40 heavy (non-hydrogen) atoms. The number of hydrogen-bond donors (Lipinski definition) is 3. The highest BCUT2D eigenvalue weighted by atomic mass is 16.7. The number of H-pyrrole nitrogens is 1. The van der Waals surface area contributed by atoms with Gasteiger partial charge in [-0.2, -0.15) is 0 Å². The van der Waals surface area contributed by atoms with Gasteiger partial charge in [-0.1, -0.05) is 26.0 Å². The average Bonchev–Trinajstić information content (AvgIpc) is 3.60. The first-order chi connectivity index (χ1) is 19.0. The minimum atomic E-state index is -1.97. The second-order valence-corrected chi connectivity index (χ2v) is 13.1. The zero-order valence-electron chi connectivity index (χ0n) is 23.6. The number of benzene rings is 1. The number of likely N-dealkylation sites (tertiary alicyclic amines) is 1. The normalized spacial score (nSPS) is 37.2. The van der Waals surface area contributed by atoms with Crippen LogP contribution in [-0.2, 0) is 25.5 Å². The first-order valence-corrected chi connectivity index (χ1v) is 14.7. The minimum Gasteiger partial charge on any atom is -0.361 e. The van der Waals surface area contributed by atoms with Gasteiger partial charge in [0.2, 0.25) is 17.5 Å². The second-order valence-electron chi connectivity index (χ2n) is 13.1. The van der Waals surface area contributed by atoms with Crippen molar-refractivity contribution in [3.8, 4) is 0 Å². The number of hydrogen-bond acceptors (Lipinski definition) is 6. The summed E-state index contributed by atoms with van der Waals surface area (Å²) in [6, 6.07) is 5.14. The summed E-state index contributed by atoms with van der Waals surface area (Å²) in [5.41, 5.74) is 1.93. The number of piperazine rings is 1. The number of nitrogens with one attached hydrogen (secondary N) is 2. The number of piperidine rings is 1. The van der Waals surface area contributed by atoms with Crippen LogP contribution in [-0.4, -0.2) is 92.4 Å². The van der Waals surface area contributed by atoms with Crippen molar-refractivity contribution in [3.05, 3.63) is 35.5 Å². The smallest absolute Gasteiger partial charge is 0.280 e. The molecule has 4 aliphatic heterocycles. The number of nitrogens with zero attached hydrogens (tertiary/aromatic N) is 3. The predicted molar refractivity (Wildman–Crippen MR) is 147 cm³/mol. The van der Waals surface area contributed by atoms with Crippen molar-refractivity contribution in [2.75, 3.05) is 20.1 Å². The van der Waals surface area contributed by atoms with Gasteiger partial charge in [0, 0.05) is 42.1 Å². The molecular weight excluding hydrogens is 510 g/mol. The summed E-state index contributed by atoms with van der Waals surface area (Å²) in [6.07, 6.45) is 5.36. The summed E-state index contributed by atoms with van der Waals surface area (Å²) in [4.78, 5) is 49.8. The number of fused-ring (bicyclic) bond motifs is 5. The molecule has 4 saturated heterocycles. The molecular formula is C30H39N5O5. The molecule has 214 valence electrons. The number of carbonyl (C=O) groups is 3. The van der Waals surface area contributed by atoms with Crippen molar-refractivity contribution < 1.29 is 24.2 Å². The van der Waals surface area contributed by atoms with E-state index in [2.05, 4.69) is 46.6 Å². The Kier molecular flexibility index (Phi) is 5.70. The van der Waals surface area contributed by atoms with E-state index in [0.29, 0.717) is 38.4 Å². The van der Waals surface area contributed by atoms with E-state index in [1.54, 1.807) is 4.90 Å². The lowest BCUT2D eigenvalue weighted by molar-refractivity contribution is -0.315. The monoisotopic (exact) mass is 549 g/mol. The van der Waals surface area contributed by atoms with Crippen molar-refractivity contribution in [1.82, 2.24) is 25.0 Å². The Labute approximate surface area is 234 Å². The van der Waals surface area contributed by atoms with Gasteiger partial charge < -0.3 is 25.2 Å². The van der Waals surface area contributed by atoms with Gasteiger partial charge in [0.15, 0.2) is 0 Å². The molecule has 0 bridgehead atoms. The van der Waals surface area contributed by atoms with Crippen LogP contribution in [0.3, 0.4) is 0 Å². The van der Waals surface area contributed by atoms with Crippen LogP contribution in [0, 0.1) is 11.8 Å². The number of aromatic amines is 1. The molecule has 5 heterocycles. The van der Waals surface area contributed by atoms with Gasteiger partial charge in [-0.25, -0.2) is 0 Å². The summed E-state index contributed by atoms with van der Waals surface area (Å²) >= 11 is 0. The molecule has 4 fully saturated rings. The van der Waals surface area contributed by atoms with E-state index in [9.17, 15) is 19.5 Å². The minimum absolute atomic E-state index is 0.123. The van der Waals surface area contributed by atoms with Crippen LogP contribution < -0.4 is 5.32 Å². The van der Waals surface area contributed by atoms with E-state index >= 15 is 0 Å². The first-order valence-electron chi connectivity index (χ1n) is 14.7. The van der Waals surface area contributed by atoms with Crippen LogP contribution in [0.1, 0.15) is 63.5 Å². The van der Waals surface area contributed by atoms with Crippen molar-refractivity contribution >= 4 is 28.6 Å². The maximum Gasteiger partial charge on any atom is 0.280 e. The Morgan fingerprint density at radius 1 is 1.30 bits per heavy atom. The fourth-order valence-corrected chi connectivity index (χ4v) is 8.29. The van der Waals surface area contributed by atoms with E-state index in [4.69, 9.17) is 4.74 Å². The van der Waals surface area contributed by atoms with E-state index in [-0.39, 0.29) is 29.6 Å². The van der Waals surface area contributed by atoms with Crippen molar-refractivity contribution in [2.24, 2.45) is 11.8 Å². The quantitative estimate of drug-likeness (QED) is 0.536. The van der Waals surface area contributed by atoms with Gasteiger partial charge in [-0.3, -0.25) is 24.0 Å². The molecule has 5 aliphatic rings. The maximum absolute atomic E-state index is 14.0. The number of amides is 3. The molecule has 0 spiro atoms. The molecule has 0 saturated carbocycles. The number of carbonyl (C=O) groups excluding carboxylic acids is 3. The molecule has 3 amide bonds. The lowest BCUT2D eigenvalue weighted by atomic mass is 9.72. The highest BCUT2D eigenvalue weighted by Crippen LogP contribution is 2.47. The fraction of sp³-hybridized carbons (Fsp3) is 0.633. The molecule has 2 aromatic rings. The zero-order valence-corrected chi connectivity index (χ0v) is 23.6. The maximum atomic E-state index is 14.0. The highest BCUT2D eigenvalue weighted by molar-refractivity contribution is 5.97. The summed E-state index contributed by atoms with van der Waals surface area (Å²) in [7, 11) is 2.06. The fourth-order valence-electron chi connectivity index (χ4n) is 8.29. The van der Waals surface area contributed by atoms with Crippen LogP contribution in [0.2, 0.25) is 0 Å². The van der Waals surface area contributed by atoms with Crippen molar-refractivity contribution in [1.29, 1.82) is 0 Å². The molecule has 7 atom stereocenters. The Hall–Kier alpha value is -2.95. The molecule has 10 nitrogen and oxygen atoms in total. The topological polar surface area (TPSA) is 118 Å². The molecule has 1 aromatic heterocycles. The number of ether oxygens (including phenoxy) is 1. The van der Waals surface area contributed by atoms with Gasteiger partial charge in [0.1, 0.15) is 12.1 Å². The lowest BCUT2D eigenvalue weighted by Gasteiger charge is -2.49. The third kappa shape index (κ3) is 3.55. The van der Waals surface area contributed by atoms with Crippen LogP contribution in [0.5, 0.6) is 0 Å². The van der Waals surface area contributed by atoms with Crippen LogP contribution in [0.15, 0.2) is 24.4 Å². The molecule has 10 heteroatoms. The zero-order chi connectivity index (χ0) is 28.1. The summed E-state index contributed by atoms with van der Waals surface area (Å²) in [6.45, 7) is 6.58. The van der Waals surface area contributed by atoms with Gasteiger partial charge >= 0.3 is 0 Å². The van der Waals surface area contributed by atoms with Crippen LogP contribution in [0.25, 0.3) is 10.9 Å². The third-order valence-corrected chi connectivity index (χ3v) is 10.0. The summed E-state index contributed by atoms with van der Waals surface area (Å²) < 4.78 is 6.19. The summed E-state index contributed by atoms with van der Waals surface area (Å²) in [5, 5.41) is 16.1. The number of aliphatic hydroxyl groups is 1. The van der Waals surface area contributed by atoms with Crippen molar-refractivity contribution in [2.45, 2.75) is 88.6 Å². The van der Waals surface area contributed by atoms with E-state index in [1.807, 2.05) is 13.8 Å². The Morgan fingerprint density at radius 3 is 2.88 bits per heavy atom. The Morgan fingerprint density at radius 2 is 2.10 bits per heavy atom. The van der Waals surface area contributed by atoms with Gasteiger partial charge in [0.25, 0.3) is 11.8 Å². The largest absolute Gasteiger partial charge is 0.361 e. The molecule has 0 radical (unpaired) electrons. The first kappa shape index (κ1) is 26.0. The van der Waals surface area contributed by atoms with E-state index in [0.717, 1.165) is 18.4 Å². The Bertz CT molecular complexity index is 1410. The van der Waals surface area contributed by atoms with Crippen molar-refractivity contribution in [3.63, 3.8) is 0 Å². The molecule has 1 aliphatic carbocycles. The summed E-state index contributed by atoms with van der Waals surface area (Å²) in [5.74, 6) is -3.01. The molecule has 3 N–H and O–H groups in total. The van der Waals surface area contributed by atoms with Gasteiger partial charge in [-0.05, 0) is 69.2 Å². The Balaban J connectivity index is 1.16. The SMILES string of the molecule is CC(C)C[C@H]1C(=O)N2CCC[C@H]2[C@]2(O)O[C@@](C)(NC(=O)[C@@H]3CC4c5cccc6[nH]cc(c56)C[C@H]4N(C)C3)C(=O)N12. The highest BCUT2D eigenvalue weighted by Gasteiger charge is 2.70.